The second-order valence-electron chi connectivity index (χ2n) is 5.50. The lowest BCUT2D eigenvalue weighted by molar-refractivity contribution is 0.155. The predicted molar refractivity (Wildman–Crippen MR) is 78.6 cm³/mol. The van der Waals surface area contributed by atoms with Crippen LogP contribution in [0.1, 0.15) is 40.0 Å². The van der Waals surface area contributed by atoms with Gasteiger partial charge in [-0.3, -0.25) is 5.43 Å². The summed E-state index contributed by atoms with van der Waals surface area (Å²) in [6.45, 7) is 8.13. The normalized spacial score (nSPS) is 17.1. The van der Waals surface area contributed by atoms with Crippen molar-refractivity contribution >= 4 is 11.9 Å². The van der Waals surface area contributed by atoms with Crippen LogP contribution >= 0.6 is 0 Å². The van der Waals surface area contributed by atoms with Crippen LogP contribution < -0.4 is 20.9 Å². The first-order chi connectivity index (χ1) is 9.60. The van der Waals surface area contributed by atoms with E-state index in [-0.39, 0.29) is 6.10 Å². The van der Waals surface area contributed by atoms with Gasteiger partial charge in [-0.1, -0.05) is 13.8 Å². The Hall–Kier alpha value is -1.63. The van der Waals surface area contributed by atoms with Crippen molar-refractivity contribution in [3.05, 3.63) is 0 Å². The smallest absolute Gasteiger partial charge is 0.323 e. The van der Waals surface area contributed by atoms with Crippen molar-refractivity contribution in [3.8, 4) is 6.01 Å². The fourth-order valence-electron chi connectivity index (χ4n) is 2.00. The Kier molecular flexibility index (Phi) is 4.94. The van der Waals surface area contributed by atoms with Gasteiger partial charge in [-0.25, -0.2) is 5.84 Å². The molecule has 0 amide bonds. The lowest BCUT2D eigenvalue weighted by Gasteiger charge is -2.27. The number of aromatic nitrogens is 3. The Balaban J connectivity index is 2.19. The van der Waals surface area contributed by atoms with Gasteiger partial charge in [0.1, 0.15) is 6.10 Å². The van der Waals surface area contributed by atoms with E-state index in [9.17, 15) is 0 Å². The molecule has 20 heavy (non-hydrogen) atoms. The summed E-state index contributed by atoms with van der Waals surface area (Å²) < 4.78 is 5.77. The van der Waals surface area contributed by atoms with E-state index >= 15 is 0 Å². The molecule has 1 atom stereocenters. The van der Waals surface area contributed by atoms with Gasteiger partial charge in [0, 0.05) is 13.1 Å². The SMILES string of the molecule is CC(C)C(C)Oc1nc(NN)nc(N2CCCCC2)n1. The topological polar surface area (TPSA) is 89.2 Å². The molecule has 7 nitrogen and oxygen atoms in total. The highest BCUT2D eigenvalue weighted by molar-refractivity contribution is 5.38. The van der Waals surface area contributed by atoms with Crippen LogP contribution in [0.2, 0.25) is 0 Å². The number of nitrogens with one attached hydrogen (secondary N) is 1. The summed E-state index contributed by atoms with van der Waals surface area (Å²) in [5.74, 6) is 6.80. The first-order valence-electron chi connectivity index (χ1n) is 7.24. The van der Waals surface area contributed by atoms with Crippen LogP contribution in [0.5, 0.6) is 6.01 Å². The molecule has 112 valence electrons. The summed E-state index contributed by atoms with van der Waals surface area (Å²) in [4.78, 5) is 15.0. The molecular formula is C13H24N6O. The standard InChI is InChI=1S/C13H24N6O/c1-9(2)10(3)20-13-16-11(18-14)15-12(17-13)19-7-5-4-6-8-19/h9-10H,4-8,14H2,1-3H3,(H,15,16,17,18). The Morgan fingerprint density at radius 1 is 1.10 bits per heavy atom. The number of ether oxygens (including phenoxy) is 1. The van der Waals surface area contributed by atoms with Gasteiger partial charge < -0.3 is 9.64 Å². The van der Waals surface area contributed by atoms with Gasteiger partial charge >= 0.3 is 6.01 Å². The van der Waals surface area contributed by atoms with Gasteiger partial charge in [-0.15, -0.1) is 0 Å². The van der Waals surface area contributed by atoms with Crippen LogP contribution in [-0.2, 0) is 0 Å². The number of hydrogen-bond acceptors (Lipinski definition) is 7. The maximum atomic E-state index is 5.77. The zero-order valence-corrected chi connectivity index (χ0v) is 12.5. The summed E-state index contributed by atoms with van der Waals surface area (Å²) in [6.07, 6.45) is 3.63. The summed E-state index contributed by atoms with van der Waals surface area (Å²) in [5, 5.41) is 0. The van der Waals surface area contributed by atoms with Crippen molar-refractivity contribution in [1.29, 1.82) is 0 Å². The summed E-state index contributed by atoms with van der Waals surface area (Å²) >= 11 is 0. The number of hydrogen-bond donors (Lipinski definition) is 2. The monoisotopic (exact) mass is 280 g/mol. The summed E-state index contributed by atoms with van der Waals surface area (Å²) in [7, 11) is 0. The second kappa shape index (κ2) is 6.69. The molecule has 0 aromatic carbocycles. The van der Waals surface area contributed by atoms with Gasteiger partial charge in [0.05, 0.1) is 0 Å². The van der Waals surface area contributed by atoms with Gasteiger partial charge in [0.15, 0.2) is 0 Å². The molecule has 1 aliphatic rings. The van der Waals surface area contributed by atoms with Crippen molar-refractivity contribution in [2.24, 2.45) is 11.8 Å². The molecule has 0 saturated carbocycles. The fourth-order valence-corrected chi connectivity index (χ4v) is 2.00. The molecule has 1 aliphatic heterocycles. The van der Waals surface area contributed by atoms with Crippen molar-refractivity contribution in [3.63, 3.8) is 0 Å². The molecule has 1 aromatic rings. The third kappa shape index (κ3) is 3.69. The number of rotatable bonds is 5. The quantitative estimate of drug-likeness (QED) is 0.625. The van der Waals surface area contributed by atoms with Crippen LogP contribution in [0.15, 0.2) is 0 Å². The van der Waals surface area contributed by atoms with Crippen LogP contribution in [-0.4, -0.2) is 34.1 Å². The Bertz CT molecular complexity index is 433. The molecule has 1 fully saturated rings. The Morgan fingerprint density at radius 2 is 1.80 bits per heavy atom. The van der Waals surface area contributed by atoms with E-state index in [0.717, 1.165) is 25.9 Å². The highest BCUT2D eigenvalue weighted by atomic mass is 16.5. The highest BCUT2D eigenvalue weighted by Gasteiger charge is 2.18. The summed E-state index contributed by atoms with van der Waals surface area (Å²) in [5.41, 5.74) is 2.48. The van der Waals surface area contributed by atoms with E-state index in [1.54, 1.807) is 0 Å². The zero-order valence-electron chi connectivity index (χ0n) is 12.5. The number of hydrazine groups is 1. The molecule has 0 aliphatic carbocycles. The minimum absolute atomic E-state index is 0.0391. The molecular weight excluding hydrogens is 256 g/mol. The van der Waals surface area contributed by atoms with Gasteiger partial charge in [0.2, 0.25) is 11.9 Å². The lowest BCUT2D eigenvalue weighted by Crippen LogP contribution is -2.32. The molecule has 7 heteroatoms. The van der Waals surface area contributed by atoms with Crippen LogP contribution in [0.4, 0.5) is 11.9 Å². The van der Waals surface area contributed by atoms with E-state index in [2.05, 4.69) is 39.1 Å². The van der Waals surface area contributed by atoms with Crippen LogP contribution in [0, 0.1) is 5.92 Å². The first kappa shape index (κ1) is 14.8. The number of nitrogens with zero attached hydrogens (tertiary/aromatic N) is 4. The lowest BCUT2D eigenvalue weighted by atomic mass is 10.1. The molecule has 0 radical (unpaired) electrons. The summed E-state index contributed by atoms with van der Waals surface area (Å²) in [6, 6.07) is 0.328. The fraction of sp³-hybridized carbons (Fsp3) is 0.769. The highest BCUT2D eigenvalue weighted by Crippen LogP contribution is 2.20. The van der Waals surface area contributed by atoms with Crippen molar-refractivity contribution < 1.29 is 4.74 Å². The third-order valence-corrected chi connectivity index (χ3v) is 3.60. The first-order valence-corrected chi connectivity index (χ1v) is 7.24. The number of nitrogen functional groups attached to an aromatic ring is 1. The third-order valence-electron chi connectivity index (χ3n) is 3.60. The molecule has 0 bridgehead atoms. The molecule has 1 saturated heterocycles. The molecule has 1 aromatic heterocycles. The van der Waals surface area contributed by atoms with Crippen molar-refractivity contribution in [2.45, 2.75) is 46.1 Å². The van der Waals surface area contributed by atoms with Crippen molar-refractivity contribution in [2.75, 3.05) is 23.4 Å². The van der Waals surface area contributed by atoms with Crippen LogP contribution in [0.25, 0.3) is 0 Å². The Morgan fingerprint density at radius 3 is 2.40 bits per heavy atom. The van der Waals surface area contributed by atoms with Crippen LogP contribution in [0.3, 0.4) is 0 Å². The zero-order chi connectivity index (χ0) is 14.5. The molecule has 1 unspecified atom stereocenters. The average Bonchev–Trinajstić information content (AvgIpc) is 2.47. The second-order valence-corrected chi connectivity index (χ2v) is 5.50. The molecule has 3 N–H and O–H groups in total. The van der Waals surface area contributed by atoms with E-state index in [1.165, 1.54) is 6.42 Å². The number of anilines is 2. The van der Waals surface area contributed by atoms with Gasteiger partial charge in [-0.2, -0.15) is 15.0 Å². The van der Waals surface area contributed by atoms with Gasteiger partial charge in [0.25, 0.3) is 0 Å². The van der Waals surface area contributed by atoms with E-state index in [1.807, 2.05) is 6.92 Å². The van der Waals surface area contributed by atoms with Gasteiger partial charge in [-0.05, 0) is 32.1 Å². The van der Waals surface area contributed by atoms with E-state index in [0.29, 0.717) is 23.8 Å². The number of piperidine rings is 1. The predicted octanol–water partition coefficient (Wildman–Crippen LogP) is 1.57. The maximum Gasteiger partial charge on any atom is 0.323 e. The molecule has 2 heterocycles. The molecule has 0 spiro atoms. The Labute approximate surface area is 119 Å². The molecule has 2 rings (SSSR count). The average molecular weight is 280 g/mol. The minimum atomic E-state index is 0.0391. The number of nitrogens with two attached hydrogens (primary N) is 1. The van der Waals surface area contributed by atoms with E-state index < -0.39 is 0 Å². The van der Waals surface area contributed by atoms with Crippen molar-refractivity contribution in [1.82, 2.24) is 15.0 Å². The minimum Gasteiger partial charge on any atom is -0.460 e. The van der Waals surface area contributed by atoms with E-state index in [4.69, 9.17) is 10.6 Å². The maximum absolute atomic E-state index is 5.77. The largest absolute Gasteiger partial charge is 0.460 e.